The molecule has 0 saturated heterocycles. The highest BCUT2D eigenvalue weighted by Gasteiger charge is 2.15. The van der Waals surface area contributed by atoms with Gasteiger partial charge in [-0.1, -0.05) is 0 Å². The molecule has 0 bridgehead atoms. The maximum absolute atomic E-state index is 12.0. The van der Waals surface area contributed by atoms with Crippen molar-refractivity contribution in [3.63, 3.8) is 0 Å². The fraction of sp³-hybridized carbons (Fsp3) is 0.167. The summed E-state index contributed by atoms with van der Waals surface area (Å²) in [5, 5.41) is 14.3. The third kappa shape index (κ3) is 3.74. The number of sulfonamides is 1. The molecule has 0 amide bonds. The Kier molecular flexibility index (Phi) is 4.63. The molecule has 0 atom stereocenters. The van der Waals surface area contributed by atoms with Gasteiger partial charge in [0.05, 0.1) is 16.4 Å². The summed E-state index contributed by atoms with van der Waals surface area (Å²) in [6, 6.07) is 7.31. The second-order valence-electron chi connectivity index (χ2n) is 4.23. The molecule has 1 heterocycles. The lowest BCUT2D eigenvalue weighted by Gasteiger charge is -2.07. The van der Waals surface area contributed by atoms with E-state index in [-0.39, 0.29) is 29.2 Å². The smallest absolute Gasteiger partial charge is 0.268 e. The summed E-state index contributed by atoms with van der Waals surface area (Å²) in [6.45, 7) is 0.0438. The zero-order valence-corrected chi connectivity index (χ0v) is 12.1. The van der Waals surface area contributed by atoms with E-state index in [1.54, 1.807) is 0 Å². The van der Waals surface area contributed by atoms with E-state index >= 15 is 0 Å². The molecule has 1 aromatic heterocycles. The van der Waals surface area contributed by atoms with E-state index < -0.39 is 14.9 Å². The van der Waals surface area contributed by atoms with Crippen LogP contribution < -0.4 is 10.3 Å². The largest absolute Gasteiger partial charge is 0.269 e. The summed E-state index contributed by atoms with van der Waals surface area (Å²) in [5.74, 6) is 0. The number of nitro benzene ring substituents is 1. The fourth-order valence-corrected chi connectivity index (χ4v) is 2.69. The molecule has 116 valence electrons. The van der Waals surface area contributed by atoms with E-state index in [2.05, 4.69) is 9.82 Å². The first-order valence-corrected chi connectivity index (χ1v) is 7.65. The second-order valence-corrected chi connectivity index (χ2v) is 6.00. The standard InChI is InChI=1S/C12H12N4O5S/c17-12-2-1-7-13-15(12)9-8-14-22(20,21)11-5-3-10(4-6-11)16(18)19/h1-7,14H,8-9H2. The van der Waals surface area contributed by atoms with E-state index in [1.165, 1.54) is 18.3 Å². The van der Waals surface area contributed by atoms with Crippen molar-refractivity contribution in [1.29, 1.82) is 0 Å². The minimum atomic E-state index is -3.80. The van der Waals surface area contributed by atoms with Crippen molar-refractivity contribution in [1.82, 2.24) is 14.5 Å². The lowest BCUT2D eigenvalue weighted by Crippen LogP contribution is -2.31. The minimum absolute atomic E-state index is 0.0315. The summed E-state index contributed by atoms with van der Waals surface area (Å²) >= 11 is 0. The number of rotatable bonds is 6. The Bertz CT molecular complexity index is 829. The van der Waals surface area contributed by atoms with Crippen molar-refractivity contribution in [3.8, 4) is 0 Å². The number of nitrogens with zero attached hydrogens (tertiary/aromatic N) is 3. The third-order valence-corrected chi connectivity index (χ3v) is 4.24. The molecule has 9 nitrogen and oxygen atoms in total. The predicted octanol–water partition coefficient (Wildman–Crippen LogP) is 0.130. The highest BCUT2D eigenvalue weighted by molar-refractivity contribution is 7.89. The van der Waals surface area contributed by atoms with Gasteiger partial charge >= 0.3 is 0 Å². The predicted molar refractivity (Wildman–Crippen MR) is 76.8 cm³/mol. The highest BCUT2D eigenvalue weighted by atomic mass is 32.2. The van der Waals surface area contributed by atoms with Crippen LogP contribution in [0, 0.1) is 10.1 Å². The van der Waals surface area contributed by atoms with E-state index in [0.29, 0.717) is 0 Å². The van der Waals surface area contributed by atoms with Crippen LogP contribution in [0.15, 0.2) is 52.3 Å². The average molecular weight is 324 g/mol. The van der Waals surface area contributed by atoms with Crippen LogP contribution in [-0.2, 0) is 16.6 Å². The van der Waals surface area contributed by atoms with Crippen molar-refractivity contribution in [3.05, 3.63) is 63.1 Å². The monoisotopic (exact) mass is 324 g/mol. The first kappa shape index (κ1) is 15.8. The second kappa shape index (κ2) is 6.45. The van der Waals surface area contributed by atoms with Crippen molar-refractivity contribution in [2.24, 2.45) is 0 Å². The lowest BCUT2D eigenvalue weighted by molar-refractivity contribution is -0.384. The van der Waals surface area contributed by atoms with Crippen molar-refractivity contribution < 1.29 is 13.3 Å². The van der Waals surface area contributed by atoms with Gasteiger partial charge in [0.2, 0.25) is 10.0 Å². The Morgan fingerprint density at radius 1 is 1.23 bits per heavy atom. The number of nitrogens with one attached hydrogen (secondary N) is 1. The molecule has 0 radical (unpaired) electrons. The summed E-state index contributed by atoms with van der Waals surface area (Å²) in [7, 11) is -3.80. The van der Waals surface area contributed by atoms with Gasteiger partial charge in [-0.05, 0) is 18.2 Å². The SMILES string of the molecule is O=c1cccnn1CCNS(=O)(=O)c1ccc([N+](=O)[O-])cc1. The molecular formula is C12H12N4O5S. The number of hydrogen-bond donors (Lipinski definition) is 1. The quantitative estimate of drug-likeness (QED) is 0.595. The van der Waals surface area contributed by atoms with Gasteiger partial charge in [0, 0.05) is 30.9 Å². The summed E-state index contributed by atoms with van der Waals surface area (Å²) in [6.07, 6.45) is 1.42. The van der Waals surface area contributed by atoms with E-state index in [9.17, 15) is 23.3 Å². The molecule has 1 N–H and O–H groups in total. The van der Waals surface area contributed by atoms with Crippen molar-refractivity contribution >= 4 is 15.7 Å². The molecule has 2 aromatic rings. The normalized spacial score (nSPS) is 11.3. The zero-order valence-electron chi connectivity index (χ0n) is 11.2. The van der Waals surface area contributed by atoms with Crippen molar-refractivity contribution in [2.45, 2.75) is 11.4 Å². The number of hydrogen-bond acceptors (Lipinski definition) is 6. The molecule has 0 aliphatic heterocycles. The van der Waals surface area contributed by atoms with Gasteiger partial charge in [-0.15, -0.1) is 0 Å². The van der Waals surface area contributed by atoms with Crippen LogP contribution in [0.1, 0.15) is 0 Å². The van der Waals surface area contributed by atoms with Gasteiger partial charge in [0.1, 0.15) is 0 Å². The molecule has 0 fully saturated rings. The van der Waals surface area contributed by atoms with E-state index in [1.807, 2.05) is 0 Å². The van der Waals surface area contributed by atoms with Crippen LogP contribution in [0.2, 0.25) is 0 Å². The summed E-state index contributed by atoms with van der Waals surface area (Å²) in [5.41, 5.74) is -0.531. The average Bonchev–Trinajstić information content (AvgIpc) is 2.49. The first-order chi connectivity index (χ1) is 10.4. The molecule has 0 spiro atoms. The van der Waals surface area contributed by atoms with Gasteiger partial charge in [-0.25, -0.2) is 17.8 Å². The highest BCUT2D eigenvalue weighted by Crippen LogP contribution is 2.15. The van der Waals surface area contributed by atoms with Crippen LogP contribution in [-0.4, -0.2) is 29.7 Å². The van der Waals surface area contributed by atoms with E-state index in [4.69, 9.17) is 0 Å². The Morgan fingerprint density at radius 2 is 1.91 bits per heavy atom. The molecule has 10 heteroatoms. The van der Waals surface area contributed by atoms with Gasteiger partial charge in [-0.3, -0.25) is 14.9 Å². The Balaban J connectivity index is 2.03. The maximum atomic E-state index is 12.0. The van der Waals surface area contributed by atoms with Crippen LogP contribution in [0.5, 0.6) is 0 Å². The number of aromatic nitrogens is 2. The first-order valence-electron chi connectivity index (χ1n) is 6.16. The Hall–Kier alpha value is -2.59. The fourth-order valence-electron chi connectivity index (χ4n) is 1.67. The van der Waals surface area contributed by atoms with Gasteiger partial charge < -0.3 is 0 Å². The topological polar surface area (TPSA) is 124 Å². The number of nitro groups is 1. The Labute approximate surface area is 125 Å². The van der Waals surface area contributed by atoms with Gasteiger partial charge in [0.25, 0.3) is 11.2 Å². The maximum Gasteiger partial charge on any atom is 0.269 e. The molecule has 0 saturated carbocycles. The molecule has 0 unspecified atom stereocenters. The molecular weight excluding hydrogens is 312 g/mol. The minimum Gasteiger partial charge on any atom is -0.268 e. The van der Waals surface area contributed by atoms with Crippen molar-refractivity contribution in [2.75, 3.05) is 6.54 Å². The number of non-ortho nitro benzene ring substituents is 1. The van der Waals surface area contributed by atoms with E-state index in [0.717, 1.165) is 28.9 Å². The van der Waals surface area contributed by atoms with Crippen LogP contribution >= 0.6 is 0 Å². The third-order valence-electron chi connectivity index (χ3n) is 2.76. The van der Waals surface area contributed by atoms with Crippen LogP contribution in [0.25, 0.3) is 0 Å². The molecule has 0 aliphatic carbocycles. The summed E-state index contributed by atoms with van der Waals surface area (Å²) < 4.78 is 27.4. The Morgan fingerprint density at radius 3 is 2.50 bits per heavy atom. The summed E-state index contributed by atoms with van der Waals surface area (Å²) in [4.78, 5) is 21.2. The molecule has 1 aromatic carbocycles. The zero-order chi connectivity index (χ0) is 16.2. The number of benzene rings is 1. The molecule has 0 aliphatic rings. The molecule has 2 rings (SSSR count). The lowest BCUT2D eigenvalue weighted by atomic mass is 10.3. The van der Waals surface area contributed by atoms with Crippen LogP contribution in [0.4, 0.5) is 5.69 Å². The van der Waals surface area contributed by atoms with Gasteiger partial charge in [-0.2, -0.15) is 5.10 Å². The molecule has 22 heavy (non-hydrogen) atoms. The van der Waals surface area contributed by atoms with Gasteiger partial charge in [0.15, 0.2) is 0 Å². The van der Waals surface area contributed by atoms with Crippen LogP contribution in [0.3, 0.4) is 0 Å².